The van der Waals surface area contributed by atoms with Gasteiger partial charge in [0.05, 0.1) is 27.6 Å². The van der Waals surface area contributed by atoms with Crippen LogP contribution in [0, 0.1) is 18.8 Å². The number of carbonyl (C=O) groups excluding carboxylic acids is 1. The summed E-state index contributed by atoms with van der Waals surface area (Å²) in [7, 11) is 0. The van der Waals surface area contributed by atoms with Crippen LogP contribution in [0.4, 0.5) is 0 Å². The molecule has 1 saturated carbocycles. The summed E-state index contributed by atoms with van der Waals surface area (Å²) in [5, 5.41) is 9.65. The molecule has 7 rings (SSSR count). The molecule has 0 radical (unpaired) electrons. The van der Waals surface area contributed by atoms with Crippen molar-refractivity contribution in [2.24, 2.45) is 11.8 Å². The van der Waals surface area contributed by atoms with Gasteiger partial charge in [-0.05, 0) is 62.3 Å². The molecule has 8 heteroatoms. The number of hydrogen-bond acceptors (Lipinski definition) is 6. The molecule has 2 bridgehead atoms. The van der Waals surface area contributed by atoms with Crippen molar-refractivity contribution in [3.8, 4) is 5.69 Å². The first-order chi connectivity index (χ1) is 16.1. The second kappa shape index (κ2) is 8.02. The summed E-state index contributed by atoms with van der Waals surface area (Å²) in [6.07, 6.45) is 7.22. The Morgan fingerprint density at radius 1 is 1.09 bits per heavy atom. The first-order valence-corrected chi connectivity index (χ1v) is 12.4. The highest BCUT2D eigenvalue weighted by molar-refractivity contribution is 7.18. The number of pyridine rings is 1. The predicted octanol–water partition coefficient (Wildman–Crippen LogP) is 4.45. The molecule has 3 aliphatic rings. The second-order valence-electron chi connectivity index (χ2n) is 9.28. The largest absolute Gasteiger partial charge is 0.331 e. The van der Waals surface area contributed by atoms with Crippen LogP contribution in [0.3, 0.4) is 0 Å². The molecule has 1 unspecified atom stereocenters. The summed E-state index contributed by atoms with van der Waals surface area (Å²) < 4.78 is 1.22. The molecule has 3 aromatic heterocycles. The average Bonchev–Trinajstić information content (AvgIpc) is 3.46. The van der Waals surface area contributed by atoms with Gasteiger partial charge in [-0.2, -0.15) is 10.2 Å². The number of carbonyl (C=O) groups is 1. The zero-order chi connectivity index (χ0) is 22.5. The van der Waals surface area contributed by atoms with Crippen molar-refractivity contribution in [2.45, 2.75) is 51.6 Å². The number of piperidine rings is 2. The van der Waals surface area contributed by atoms with Gasteiger partial charge in [0.1, 0.15) is 5.69 Å². The summed E-state index contributed by atoms with van der Waals surface area (Å²) >= 11 is 1.76. The quantitative estimate of drug-likeness (QED) is 0.442. The molecule has 7 nitrogen and oxygen atoms in total. The Hall–Kier alpha value is -3.13. The molecule has 2 atom stereocenters. The van der Waals surface area contributed by atoms with Crippen LogP contribution in [0.1, 0.15) is 47.4 Å². The summed E-state index contributed by atoms with van der Waals surface area (Å²) in [5.74, 6) is 1.16. The van der Waals surface area contributed by atoms with E-state index in [-0.39, 0.29) is 11.9 Å². The molecular formula is C25H26N6OS. The lowest BCUT2D eigenvalue weighted by Crippen LogP contribution is -2.63. The van der Waals surface area contributed by atoms with E-state index < -0.39 is 0 Å². The highest BCUT2D eigenvalue weighted by Gasteiger charge is 2.50. The molecule has 1 amide bonds. The fraction of sp³-hybridized carbons (Fsp3) is 0.400. The van der Waals surface area contributed by atoms with Crippen LogP contribution >= 0.6 is 11.3 Å². The normalized spacial score (nSPS) is 24.1. The van der Waals surface area contributed by atoms with E-state index in [0.29, 0.717) is 29.3 Å². The van der Waals surface area contributed by atoms with Crippen LogP contribution in [-0.2, 0) is 6.42 Å². The Morgan fingerprint density at radius 3 is 2.67 bits per heavy atom. The highest BCUT2D eigenvalue weighted by Crippen LogP contribution is 2.48. The molecule has 1 aromatic carbocycles. The Kier molecular flexibility index (Phi) is 4.98. The monoisotopic (exact) mass is 458 g/mol. The molecule has 4 aromatic rings. The standard InChI is InChI=1S/C25H26N6OS/c1-15-7-8-21(31-26-11-12-27-31)24(28-15)25(32)30-18-13-17(14-18)16(2)20(30)9-10-23-29-19-5-3-4-6-22(19)33-23/h3-8,11-12,16-18,20H,9-10,13-14H2,1-2H3/t16-,17?,18?,20?/m0/s1. The number of rotatable bonds is 5. The van der Waals surface area contributed by atoms with Crippen LogP contribution in [0.25, 0.3) is 15.9 Å². The van der Waals surface area contributed by atoms with Crippen molar-refractivity contribution < 1.29 is 4.79 Å². The maximum absolute atomic E-state index is 14.0. The van der Waals surface area contributed by atoms with E-state index in [2.05, 4.69) is 45.2 Å². The van der Waals surface area contributed by atoms with Crippen LogP contribution in [0.15, 0.2) is 48.8 Å². The van der Waals surface area contributed by atoms with E-state index in [1.54, 1.807) is 23.7 Å². The van der Waals surface area contributed by atoms with Gasteiger partial charge in [0, 0.05) is 24.2 Å². The van der Waals surface area contributed by atoms with Crippen LogP contribution in [0.5, 0.6) is 0 Å². The number of nitrogens with zero attached hydrogens (tertiary/aromatic N) is 6. The van der Waals surface area contributed by atoms with Gasteiger partial charge >= 0.3 is 0 Å². The zero-order valence-corrected chi connectivity index (χ0v) is 19.6. The van der Waals surface area contributed by atoms with Crippen molar-refractivity contribution in [2.75, 3.05) is 0 Å². The fourth-order valence-corrected chi connectivity index (χ4v) is 6.45. The molecule has 2 aliphatic heterocycles. The molecule has 5 heterocycles. The lowest BCUT2D eigenvalue weighted by molar-refractivity contribution is -0.0573. The number of aromatic nitrogens is 5. The number of thiazole rings is 1. The first kappa shape index (κ1) is 20.5. The second-order valence-corrected chi connectivity index (χ2v) is 10.4. The van der Waals surface area contributed by atoms with Gasteiger partial charge < -0.3 is 4.90 Å². The van der Waals surface area contributed by atoms with Gasteiger partial charge in [-0.15, -0.1) is 16.1 Å². The van der Waals surface area contributed by atoms with E-state index >= 15 is 0 Å². The van der Waals surface area contributed by atoms with Crippen molar-refractivity contribution in [3.05, 3.63) is 65.2 Å². The number of benzene rings is 1. The lowest BCUT2D eigenvalue weighted by Gasteiger charge is -2.57. The topological polar surface area (TPSA) is 76.8 Å². The van der Waals surface area contributed by atoms with E-state index in [1.807, 2.05) is 25.1 Å². The van der Waals surface area contributed by atoms with Gasteiger partial charge in [0.15, 0.2) is 5.69 Å². The van der Waals surface area contributed by atoms with Gasteiger partial charge in [-0.25, -0.2) is 9.97 Å². The van der Waals surface area contributed by atoms with Gasteiger partial charge in [-0.3, -0.25) is 4.79 Å². The average molecular weight is 459 g/mol. The summed E-state index contributed by atoms with van der Waals surface area (Å²) in [6.45, 7) is 4.23. The fourth-order valence-electron chi connectivity index (χ4n) is 5.47. The number of para-hydroxylation sites is 1. The zero-order valence-electron chi connectivity index (χ0n) is 18.8. The Morgan fingerprint density at radius 2 is 1.88 bits per heavy atom. The Balaban J connectivity index is 1.31. The maximum Gasteiger partial charge on any atom is 0.275 e. The van der Waals surface area contributed by atoms with Crippen molar-refractivity contribution in [1.82, 2.24) is 29.9 Å². The van der Waals surface area contributed by atoms with Crippen LogP contribution in [-0.4, -0.2) is 47.9 Å². The SMILES string of the molecule is Cc1ccc(-n2nccn2)c(C(=O)N2C3CC(C3)[C@H](C)C2CCc2nc3ccccc3s2)n1. The van der Waals surface area contributed by atoms with E-state index in [4.69, 9.17) is 4.98 Å². The van der Waals surface area contributed by atoms with Crippen LogP contribution in [0.2, 0.25) is 0 Å². The smallest absolute Gasteiger partial charge is 0.275 e. The minimum absolute atomic E-state index is 0.00435. The van der Waals surface area contributed by atoms with Crippen molar-refractivity contribution >= 4 is 27.5 Å². The third kappa shape index (κ3) is 3.53. The summed E-state index contributed by atoms with van der Waals surface area (Å²) in [6, 6.07) is 12.5. The first-order valence-electron chi connectivity index (χ1n) is 11.6. The molecule has 0 N–H and O–H groups in total. The minimum Gasteiger partial charge on any atom is -0.331 e. The van der Waals surface area contributed by atoms with E-state index in [9.17, 15) is 4.79 Å². The summed E-state index contributed by atoms with van der Waals surface area (Å²) in [5.41, 5.74) is 2.95. The van der Waals surface area contributed by atoms with Gasteiger partial charge in [0.2, 0.25) is 0 Å². The van der Waals surface area contributed by atoms with Crippen molar-refractivity contribution in [1.29, 1.82) is 0 Å². The number of hydrogen-bond donors (Lipinski definition) is 0. The molecule has 3 fully saturated rings. The molecule has 0 spiro atoms. The lowest BCUT2D eigenvalue weighted by atomic mass is 9.64. The number of fused-ring (bicyclic) bond motifs is 3. The van der Waals surface area contributed by atoms with Crippen molar-refractivity contribution in [3.63, 3.8) is 0 Å². The summed E-state index contributed by atoms with van der Waals surface area (Å²) in [4.78, 5) is 27.1. The molecule has 1 aliphatic carbocycles. The molecule has 2 saturated heterocycles. The maximum atomic E-state index is 14.0. The minimum atomic E-state index is -0.00435. The number of aryl methyl sites for hydroxylation is 2. The van der Waals surface area contributed by atoms with Gasteiger partial charge in [0.25, 0.3) is 5.91 Å². The Bertz CT molecular complexity index is 1280. The number of amides is 1. The van der Waals surface area contributed by atoms with Crippen LogP contribution < -0.4 is 0 Å². The third-order valence-corrected chi connectivity index (χ3v) is 8.42. The Labute approximate surface area is 196 Å². The molecule has 168 valence electrons. The molecular weight excluding hydrogens is 432 g/mol. The highest BCUT2D eigenvalue weighted by atomic mass is 32.1. The third-order valence-electron chi connectivity index (χ3n) is 7.33. The predicted molar refractivity (Wildman–Crippen MR) is 127 cm³/mol. The van der Waals surface area contributed by atoms with E-state index in [1.165, 1.54) is 9.50 Å². The van der Waals surface area contributed by atoms with Gasteiger partial charge in [-0.1, -0.05) is 19.1 Å². The molecule has 33 heavy (non-hydrogen) atoms. The van der Waals surface area contributed by atoms with E-state index in [0.717, 1.165) is 41.9 Å².